The van der Waals surface area contributed by atoms with Gasteiger partial charge < -0.3 is 10.6 Å². The number of nitrogens with zero attached hydrogens (tertiary/aromatic N) is 2. The van der Waals surface area contributed by atoms with Gasteiger partial charge in [-0.1, -0.05) is 0 Å². The minimum Gasteiger partial charge on any atom is -0.343 e. The van der Waals surface area contributed by atoms with Crippen molar-refractivity contribution in [1.29, 1.82) is 5.26 Å². The van der Waals surface area contributed by atoms with Gasteiger partial charge >= 0.3 is 0 Å². The molecule has 0 saturated heterocycles. The smallest absolute Gasteiger partial charge is 0.240 e. The maximum absolute atomic E-state index is 11.3. The molecule has 13 heavy (non-hydrogen) atoms. The van der Waals surface area contributed by atoms with Crippen molar-refractivity contribution in [3.63, 3.8) is 0 Å². The molecule has 0 saturated carbocycles. The Bertz CT molecular complexity index is 249. The second-order valence-electron chi connectivity index (χ2n) is 2.68. The number of hydrogen-bond donors (Lipinski definition) is 1. The summed E-state index contributed by atoms with van der Waals surface area (Å²) in [4.78, 5) is 12.8. The van der Waals surface area contributed by atoms with Gasteiger partial charge in [-0.15, -0.1) is 12.3 Å². The summed E-state index contributed by atoms with van der Waals surface area (Å²) in [6, 6.07) is 1.30. The molecule has 0 rings (SSSR count). The first-order valence-electron chi connectivity index (χ1n) is 3.94. The maximum atomic E-state index is 11.3. The van der Waals surface area contributed by atoms with Gasteiger partial charge in [-0.2, -0.15) is 5.26 Å². The van der Waals surface area contributed by atoms with Crippen LogP contribution in [0.4, 0.5) is 0 Å². The van der Waals surface area contributed by atoms with E-state index in [1.54, 1.807) is 7.05 Å². The Morgan fingerprint density at radius 2 is 2.38 bits per heavy atom. The number of nitriles is 1. The van der Waals surface area contributed by atoms with Crippen molar-refractivity contribution in [2.75, 3.05) is 13.6 Å². The van der Waals surface area contributed by atoms with E-state index < -0.39 is 6.04 Å². The number of rotatable bonds is 4. The fourth-order valence-corrected chi connectivity index (χ4v) is 0.825. The van der Waals surface area contributed by atoms with Gasteiger partial charge in [-0.25, -0.2) is 0 Å². The van der Waals surface area contributed by atoms with Crippen LogP contribution in [0.2, 0.25) is 0 Å². The van der Waals surface area contributed by atoms with Crippen molar-refractivity contribution >= 4 is 5.91 Å². The van der Waals surface area contributed by atoms with E-state index >= 15 is 0 Å². The van der Waals surface area contributed by atoms with Gasteiger partial charge in [-0.05, 0) is 0 Å². The largest absolute Gasteiger partial charge is 0.343 e. The number of carbonyl (C=O) groups is 1. The minimum atomic E-state index is -0.645. The highest BCUT2D eigenvalue weighted by Crippen LogP contribution is 1.94. The van der Waals surface area contributed by atoms with Crippen LogP contribution in [0.15, 0.2) is 0 Å². The summed E-state index contributed by atoms with van der Waals surface area (Å²) < 4.78 is 0. The van der Waals surface area contributed by atoms with Gasteiger partial charge in [-0.3, -0.25) is 4.79 Å². The van der Waals surface area contributed by atoms with Crippen LogP contribution in [-0.4, -0.2) is 30.4 Å². The average molecular weight is 179 g/mol. The third-order valence-corrected chi connectivity index (χ3v) is 1.59. The molecular formula is C9H13N3O. The van der Waals surface area contributed by atoms with Crippen molar-refractivity contribution in [2.24, 2.45) is 5.73 Å². The highest BCUT2D eigenvalue weighted by Gasteiger charge is 2.15. The lowest BCUT2D eigenvalue weighted by Crippen LogP contribution is -2.41. The summed E-state index contributed by atoms with van der Waals surface area (Å²) in [6.45, 7) is 0.396. The molecule has 1 amide bonds. The van der Waals surface area contributed by atoms with Crippen molar-refractivity contribution in [2.45, 2.75) is 18.9 Å². The standard InChI is InChI=1S/C9H13N3O/c1-3-5-8(11)9(13)12(2)7-4-6-10/h1,8H,4-5,7,11H2,2H3. The van der Waals surface area contributed by atoms with Gasteiger partial charge in [0.15, 0.2) is 0 Å². The van der Waals surface area contributed by atoms with Crippen LogP contribution in [0.1, 0.15) is 12.8 Å². The van der Waals surface area contributed by atoms with Crippen LogP contribution in [-0.2, 0) is 4.79 Å². The lowest BCUT2D eigenvalue weighted by Gasteiger charge is -2.18. The fourth-order valence-electron chi connectivity index (χ4n) is 0.825. The third-order valence-electron chi connectivity index (χ3n) is 1.59. The van der Waals surface area contributed by atoms with Gasteiger partial charge in [0.05, 0.1) is 18.5 Å². The van der Waals surface area contributed by atoms with E-state index in [0.717, 1.165) is 0 Å². The van der Waals surface area contributed by atoms with E-state index in [9.17, 15) is 4.79 Å². The van der Waals surface area contributed by atoms with E-state index in [-0.39, 0.29) is 12.3 Å². The Kier molecular flexibility index (Phi) is 5.34. The van der Waals surface area contributed by atoms with Gasteiger partial charge in [0.25, 0.3) is 0 Å². The number of carbonyl (C=O) groups excluding carboxylic acids is 1. The van der Waals surface area contributed by atoms with Gasteiger partial charge in [0.1, 0.15) is 0 Å². The summed E-state index contributed by atoms with van der Waals surface area (Å²) in [7, 11) is 1.61. The minimum absolute atomic E-state index is 0.215. The molecule has 0 aliphatic rings. The molecule has 0 fully saturated rings. The molecule has 0 heterocycles. The Labute approximate surface area is 78.3 Å². The topological polar surface area (TPSA) is 70.1 Å². The van der Waals surface area contributed by atoms with Gasteiger partial charge in [0.2, 0.25) is 5.91 Å². The fraction of sp³-hybridized carbons (Fsp3) is 0.556. The first-order chi connectivity index (χ1) is 6.13. The van der Waals surface area contributed by atoms with Crippen LogP contribution >= 0.6 is 0 Å². The molecule has 0 aliphatic heterocycles. The molecule has 70 valence electrons. The molecule has 0 spiro atoms. The summed E-state index contributed by atoms with van der Waals surface area (Å²) in [5.74, 6) is 2.11. The molecule has 4 nitrogen and oxygen atoms in total. The average Bonchev–Trinajstić information content (AvgIpc) is 2.13. The van der Waals surface area contributed by atoms with E-state index in [2.05, 4.69) is 5.92 Å². The molecule has 0 radical (unpaired) electrons. The summed E-state index contributed by atoms with van der Waals surface area (Å²) in [5.41, 5.74) is 5.48. The molecule has 1 unspecified atom stereocenters. The normalized spacial score (nSPS) is 11.1. The number of nitrogens with two attached hydrogens (primary N) is 1. The van der Waals surface area contributed by atoms with Crippen LogP contribution in [0.25, 0.3) is 0 Å². The SMILES string of the molecule is C#CCC(N)C(=O)N(C)CCC#N. The van der Waals surface area contributed by atoms with E-state index in [1.807, 2.05) is 6.07 Å². The van der Waals surface area contributed by atoms with E-state index in [0.29, 0.717) is 13.0 Å². The highest BCUT2D eigenvalue weighted by molar-refractivity contribution is 5.81. The Balaban J connectivity index is 3.97. The first-order valence-corrected chi connectivity index (χ1v) is 3.94. The summed E-state index contributed by atoms with van der Waals surface area (Å²) in [6.07, 6.45) is 5.56. The molecule has 0 aliphatic carbocycles. The van der Waals surface area contributed by atoms with E-state index in [1.165, 1.54) is 4.90 Å². The van der Waals surface area contributed by atoms with Crippen LogP contribution in [0.3, 0.4) is 0 Å². The second-order valence-corrected chi connectivity index (χ2v) is 2.68. The molecule has 0 aromatic rings. The number of hydrogen-bond acceptors (Lipinski definition) is 3. The number of terminal acetylenes is 1. The second kappa shape index (κ2) is 6.05. The molecule has 1 atom stereocenters. The lowest BCUT2D eigenvalue weighted by atomic mass is 10.2. The van der Waals surface area contributed by atoms with Crippen LogP contribution in [0, 0.1) is 23.7 Å². The highest BCUT2D eigenvalue weighted by atomic mass is 16.2. The summed E-state index contributed by atoms with van der Waals surface area (Å²) >= 11 is 0. The van der Waals surface area contributed by atoms with Gasteiger partial charge in [0, 0.05) is 20.0 Å². The maximum Gasteiger partial charge on any atom is 0.240 e. The lowest BCUT2D eigenvalue weighted by molar-refractivity contribution is -0.131. The van der Waals surface area contributed by atoms with Crippen LogP contribution < -0.4 is 5.73 Å². The first kappa shape index (κ1) is 11.5. The van der Waals surface area contributed by atoms with Crippen molar-refractivity contribution in [3.8, 4) is 18.4 Å². The van der Waals surface area contributed by atoms with Crippen molar-refractivity contribution < 1.29 is 4.79 Å². The monoisotopic (exact) mass is 179 g/mol. The molecule has 0 bridgehead atoms. The molecule has 0 aromatic carbocycles. The zero-order valence-corrected chi connectivity index (χ0v) is 7.66. The molecular weight excluding hydrogens is 166 g/mol. The quantitative estimate of drug-likeness (QED) is 0.603. The summed E-state index contributed by atoms with van der Waals surface area (Å²) in [5, 5.41) is 8.29. The zero-order chi connectivity index (χ0) is 10.3. The Hall–Kier alpha value is -1.52. The molecule has 2 N–H and O–H groups in total. The molecule has 4 heteroatoms. The van der Waals surface area contributed by atoms with Crippen molar-refractivity contribution in [3.05, 3.63) is 0 Å². The molecule has 0 aromatic heterocycles. The van der Waals surface area contributed by atoms with Crippen molar-refractivity contribution in [1.82, 2.24) is 4.90 Å². The Morgan fingerprint density at radius 3 is 2.85 bits per heavy atom. The predicted molar refractivity (Wildman–Crippen MR) is 49.3 cm³/mol. The number of likely N-dealkylation sites (N-methyl/N-ethyl adjacent to an activating group) is 1. The van der Waals surface area contributed by atoms with Crippen LogP contribution in [0.5, 0.6) is 0 Å². The zero-order valence-electron chi connectivity index (χ0n) is 7.66. The van der Waals surface area contributed by atoms with E-state index in [4.69, 9.17) is 17.4 Å². The predicted octanol–water partition coefficient (Wildman–Crippen LogP) is -0.291. The number of amides is 1. The Morgan fingerprint density at radius 1 is 1.77 bits per heavy atom. The third kappa shape index (κ3) is 4.15.